The lowest BCUT2D eigenvalue weighted by molar-refractivity contribution is 0.0394. The Morgan fingerprint density at radius 2 is 1.74 bits per heavy atom. The van der Waals surface area contributed by atoms with Crippen molar-refractivity contribution in [3.05, 3.63) is 40.6 Å². The molecular formula is C17H22Cl2N6OS. The van der Waals surface area contributed by atoms with E-state index in [1.807, 2.05) is 36.6 Å². The maximum atomic E-state index is 5.98. The molecule has 0 unspecified atom stereocenters. The second kappa shape index (κ2) is 12.2. The normalized spacial score (nSPS) is 14.8. The maximum Gasteiger partial charge on any atom is 0.190 e. The van der Waals surface area contributed by atoms with Gasteiger partial charge in [0.1, 0.15) is 0 Å². The lowest BCUT2D eigenvalue weighted by atomic mass is 10.3. The molecule has 0 spiro atoms. The van der Waals surface area contributed by atoms with Crippen molar-refractivity contribution in [3.8, 4) is 0 Å². The predicted octanol–water partition coefficient (Wildman–Crippen LogP) is 4.20. The largest absolute Gasteiger partial charge is 0.379 e. The molecule has 0 bridgehead atoms. The molecule has 7 nitrogen and oxygen atoms in total. The van der Waals surface area contributed by atoms with Gasteiger partial charge in [-0.2, -0.15) is 5.11 Å². The molecule has 1 aromatic heterocycles. The number of aromatic nitrogens is 2. The summed E-state index contributed by atoms with van der Waals surface area (Å²) in [4.78, 5) is 10.4. The van der Waals surface area contributed by atoms with Gasteiger partial charge in [0, 0.05) is 26.2 Å². The number of benzene rings is 1. The number of azo groups is 1. The van der Waals surface area contributed by atoms with Crippen molar-refractivity contribution in [2.75, 3.05) is 45.6 Å². The van der Waals surface area contributed by atoms with E-state index in [-0.39, 0.29) is 16.0 Å². The van der Waals surface area contributed by atoms with Crippen LogP contribution in [0.15, 0.2) is 45.7 Å². The highest BCUT2D eigenvalue weighted by molar-refractivity contribution is 7.98. The Morgan fingerprint density at radius 1 is 1.11 bits per heavy atom. The van der Waals surface area contributed by atoms with Crippen LogP contribution in [0.2, 0.25) is 10.3 Å². The number of ether oxygens (including phenoxy) is 1. The third kappa shape index (κ3) is 7.69. The molecule has 0 saturated carbocycles. The molecule has 0 amide bonds. The quantitative estimate of drug-likeness (QED) is 0.332. The fourth-order valence-corrected chi connectivity index (χ4v) is 3.10. The summed E-state index contributed by atoms with van der Waals surface area (Å²) in [6.45, 7) is 5.64. The summed E-state index contributed by atoms with van der Waals surface area (Å²) in [5, 5.41) is 8.89. The molecule has 1 aliphatic heterocycles. The average Bonchev–Trinajstić information content (AvgIpc) is 2.69. The zero-order chi connectivity index (χ0) is 19.5. The van der Waals surface area contributed by atoms with Gasteiger partial charge in [0.25, 0.3) is 0 Å². The van der Waals surface area contributed by atoms with Crippen LogP contribution in [-0.2, 0) is 4.74 Å². The molecule has 1 saturated heterocycles. The van der Waals surface area contributed by atoms with Crippen LogP contribution in [0.3, 0.4) is 0 Å². The second-order valence-corrected chi connectivity index (χ2v) is 6.91. The van der Waals surface area contributed by atoms with Gasteiger partial charge in [0.15, 0.2) is 21.2 Å². The number of morpholine rings is 1. The number of nitrogens with zero attached hydrogens (tertiary/aromatic N) is 5. The number of nitrogens with two attached hydrogens (primary N) is 1. The van der Waals surface area contributed by atoms with Crippen LogP contribution in [0.25, 0.3) is 0 Å². The Labute approximate surface area is 173 Å². The van der Waals surface area contributed by atoms with E-state index in [1.165, 1.54) is 11.8 Å². The SMILES string of the molecule is CSc1nc(Cl)c(N=Nc2ccccc2)c(Cl)n1.NCCN1CCOCC1. The molecule has 2 aromatic rings. The van der Waals surface area contributed by atoms with E-state index in [0.29, 0.717) is 10.8 Å². The van der Waals surface area contributed by atoms with Crippen LogP contribution >= 0.6 is 35.0 Å². The third-order valence-electron chi connectivity index (χ3n) is 3.53. The van der Waals surface area contributed by atoms with Crippen LogP contribution < -0.4 is 5.73 Å². The van der Waals surface area contributed by atoms with Crippen LogP contribution in [-0.4, -0.2) is 60.5 Å². The Bertz CT molecular complexity index is 703. The highest BCUT2D eigenvalue weighted by Gasteiger charge is 2.10. The van der Waals surface area contributed by atoms with E-state index in [9.17, 15) is 0 Å². The molecule has 27 heavy (non-hydrogen) atoms. The number of hydrogen-bond acceptors (Lipinski definition) is 8. The van der Waals surface area contributed by atoms with Crippen LogP contribution in [0, 0.1) is 0 Å². The summed E-state index contributed by atoms with van der Waals surface area (Å²) in [5.41, 5.74) is 6.36. The molecule has 1 fully saturated rings. The third-order valence-corrected chi connectivity index (χ3v) is 4.61. The number of thioether (sulfide) groups is 1. The minimum atomic E-state index is 0.194. The average molecular weight is 429 g/mol. The molecule has 0 aliphatic carbocycles. The van der Waals surface area contributed by atoms with E-state index in [2.05, 4.69) is 25.1 Å². The predicted molar refractivity (Wildman–Crippen MR) is 111 cm³/mol. The minimum absolute atomic E-state index is 0.194. The molecule has 3 rings (SSSR count). The minimum Gasteiger partial charge on any atom is -0.379 e. The fourth-order valence-electron chi connectivity index (χ4n) is 2.17. The van der Waals surface area contributed by atoms with Crippen LogP contribution in [0.4, 0.5) is 11.4 Å². The van der Waals surface area contributed by atoms with Crippen molar-refractivity contribution in [1.29, 1.82) is 0 Å². The number of hydrogen-bond donors (Lipinski definition) is 1. The topological polar surface area (TPSA) is 89.0 Å². The first-order valence-corrected chi connectivity index (χ1v) is 10.4. The van der Waals surface area contributed by atoms with Crippen LogP contribution in [0.5, 0.6) is 0 Å². The van der Waals surface area contributed by atoms with Gasteiger partial charge < -0.3 is 10.5 Å². The number of rotatable bonds is 5. The van der Waals surface area contributed by atoms with Crippen molar-refractivity contribution in [3.63, 3.8) is 0 Å². The molecule has 2 N–H and O–H groups in total. The van der Waals surface area contributed by atoms with Crippen molar-refractivity contribution in [1.82, 2.24) is 14.9 Å². The second-order valence-electron chi connectivity index (χ2n) is 5.42. The van der Waals surface area contributed by atoms with E-state index in [4.69, 9.17) is 33.7 Å². The van der Waals surface area contributed by atoms with Crippen LogP contribution in [0.1, 0.15) is 0 Å². The summed E-state index contributed by atoms with van der Waals surface area (Å²) in [6, 6.07) is 9.27. The Balaban J connectivity index is 0.000000244. The highest BCUT2D eigenvalue weighted by Crippen LogP contribution is 2.32. The Kier molecular flexibility index (Phi) is 9.96. The van der Waals surface area contributed by atoms with Crippen molar-refractivity contribution >= 4 is 46.3 Å². The van der Waals surface area contributed by atoms with Gasteiger partial charge in [0.05, 0.1) is 18.9 Å². The maximum absolute atomic E-state index is 5.98. The molecule has 0 radical (unpaired) electrons. The van der Waals surface area contributed by atoms with Crippen molar-refractivity contribution in [2.24, 2.45) is 16.0 Å². The first kappa shape index (κ1) is 22.0. The zero-order valence-corrected chi connectivity index (χ0v) is 17.3. The molecule has 2 heterocycles. The monoisotopic (exact) mass is 428 g/mol. The fraction of sp³-hybridized carbons (Fsp3) is 0.412. The molecular weight excluding hydrogens is 407 g/mol. The van der Waals surface area contributed by atoms with Gasteiger partial charge in [-0.1, -0.05) is 53.2 Å². The lowest BCUT2D eigenvalue weighted by Gasteiger charge is -2.25. The Morgan fingerprint density at radius 3 is 2.30 bits per heavy atom. The van der Waals surface area contributed by atoms with Gasteiger partial charge in [-0.25, -0.2) is 9.97 Å². The van der Waals surface area contributed by atoms with Gasteiger partial charge in [0.2, 0.25) is 0 Å². The van der Waals surface area contributed by atoms with Gasteiger partial charge in [-0.05, 0) is 18.4 Å². The van der Waals surface area contributed by atoms with Gasteiger partial charge in [-0.15, -0.1) is 5.11 Å². The first-order chi connectivity index (χ1) is 13.1. The van der Waals surface area contributed by atoms with Crippen molar-refractivity contribution in [2.45, 2.75) is 5.16 Å². The summed E-state index contributed by atoms with van der Waals surface area (Å²) in [7, 11) is 0. The highest BCUT2D eigenvalue weighted by atomic mass is 35.5. The summed E-state index contributed by atoms with van der Waals surface area (Å²) in [5.74, 6) is 0. The van der Waals surface area contributed by atoms with E-state index in [0.717, 1.165) is 39.4 Å². The summed E-state index contributed by atoms with van der Waals surface area (Å²) in [6.07, 6.45) is 1.84. The molecule has 0 atom stereocenters. The smallest absolute Gasteiger partial charge is 0.190 e. The zero-order valence-electron chi connectivity index (χ0n) is 15.0. The van der Waals surface area contributed by atoms with Gasteiger partial charge >= 0.3 is 0 Å². The van der Waals surface area contributed by atoms with E-state index < -0.39 is 0 Å². The van der Waals surface area contributed by atoms with Gasteiger partial charge in [-0.3, -0.25) is 4.90 Å². The summed E-state index contributed by atoms with van der Waals surface area (Å²) >= 11 is 13.3. The first-order valence-electron chi connectivity index (χ1n) is 8.38. The molecule has 1 aliphatic rings. The van der Waals surface area contributed by atoms with Crippen molar-refractivity contribution < 1.29 is 4.74 Å². The molecule has 10 heteroatoms. The summed E-state index contributed by atoms with van der Waals surface area (Å²) < 4.78 is 5.16. The van der Waals surface area contributed by atoms with E-state index in [1.54, 1.807) is 0 Å². The molecule has 146 valence electrons. The number of halogens is 2. The standard InChI is InChI=1S/C11H8Cl2N4S.C6H14N2O/c1-18-11-14-9(12)8(10(13)15-11)17-16-7-5-3-2-4-6-7;7-1-2-8-3-5-9-6-4-8/h2-6H,1H3;1-7H2. The lowest BCUT2D eigenvalue weighted by Crippen LogP contribution is -2.39. The molecule has 1 aromatic carbocycles. The Hall–Kier alpha value is -1.29. The van der Waals surface area contributed by atoms with E-state index >= 15 is 0 Å².